The van der Waals surface area contributed by atoms with E-state index in [0.717, 1.165) is 11.1 Å². The van der Waals surface area contributed by atoms with Crippen molar-refractivity contribution in [3.8, 4) is 11.5 Å². The second-order valence-electron chi connectivity index (χ2n) is 10.6. The van der Waals surface area contributed by atoms with Crippen LogP contribution in [0.3, 0.4) is 0 Å². The minimum Gasteiger partial charge on any atom is -0.454 e. The van der Waals surface area contributed by atoms with Crippen LogP contribution in [-0.4, -0.2) is 40.2 Å². The number of carbonyl (C=O) groups excluding carboxylic acids is 3. The van der Waals surface area contributed by atoms with Crippen LogP contribution in [0.15, 0.2) is 97.5 Å². The van der Waals surface area contributed by atoms with E-state index in [1.807, 2.05) is 65.7 Å². The number of rotatable bonds is 4. The predicted octanol–water partition coefficient (Wildman–Crippen LogP) is 4.79. The van der Waals surface area contributed by atoms with Crippen molar-refractivity contribution in [1.82, 2.24) is 9.88 Å². The Morgan fingerprint density at radius 1 is 0.902 bits per heavy atom. The standard InChI is InChI=1S/C33H23N3O5/c37-29(21-7-5-14-34-17-21)27-28(30(38)20-11-12-25-26(16-20)41-18-40-25)36-15-13-19-6-1-2-8-22(19)31(36)33(27)23-9-3-4-10-24(23)35-32(33)39/h1-17,27-28,31H,18H2,(H,35,39). The molecule has 0 radical (unpaired) electrons. The monoisotopic (exact) mass is 541 g/mol. The number of anilines is 1. The fraction of sp³-hybridized carbons (Fsp3) is 0.152. The minimum atomic E-state index is -1.39. The van der Waals surface area contributed by atoms with Gasteiger partial charge in [0.1, 0.15) is 11.5 Å². The third-order valence-corrected chi connectivity index (χ3v) is 8.72. The SMILES string of the molecule is O=C(c1ccc2c(c1)OCO2)C1C(C(=O)c2cccnc2)C2(C(=O)Nc3ccccc32)C2c3ccccc3C=CN12. The highest BCUT2D eigenvalue weighted by molar-refractivity contribution is 6.16. The number of ketones is 2. The molecule has 4 unspecified atom stereocenters. The summed E-state index contributed by atoms with van der Waals surface area (Å²) >= 11 is 0. The number of carbonyl (C=O) groups is 3. The summed E-state index contributed by atoms with van der Waals surface area (Å²) in [5.74, 6) is -0.936. The fourth-order valence-electron chi connectivity index (χ4n) is 7.08. The van der Waals surface area contributed by atoms with Gasteiger partial charge in [0.15, 0.2) is 23.1 Å². The van der Waals surface area contributed by atoms with Crippen molar-refractivity contribution < 1.29 is 23.9 Å². The van der Waals surface area contributed by atoms with E-state index < -0.39 is 23.4 Å². The molecule has 8 nitrogen and oxygen atoms in total. The van der Waals surface area contributed by atoms with Crippen molar-refractivity contribution in [3.05, 3.63) is 125 Å². The van der Waals surface area contributed by atoms with Crippen LogP contribution in [0.4, 0.5) is 5.69 Å². The number of amides is 1. The maximum absolute atomic E-state index is 14.7. The average molecular weight is 542 g/mol. The van der Waals surface area contributed by atoms with Crippen molar-refractivity contribution in [2.24, 2.45) is 5.92 Å². The number of ether oxygens (including phenoxy) is 2. The quantitative estimate of drug-likeness (QED) is 0.371. The third-order valence-electron chi connectivity index (χ3n) is 8.72. The Balaban J connectivity index is 1.41. The van der Waals surface area contributed by atoms with Gasteiger partial charge in [-0.15, -0.1) is 0 Å². The van der Waals surface area contributed by atoms with Gasteiger partial charge in [0.05, 0.1) is 12.0 Å². The van der Waals surface area contributed by atoms with E-state index in [1.165, 1.54) is 6.20 Å². The Labute approximate surface area is 235 Å². The van der Waals surface area contributed by atoms with Gasteiger partial charge >= 0.3 is 0 Å². The van der Waals surface area contributed by atoms with Crippen LogP contribution < -0.4 is 14.8 Å². The summed E-state index contributed by atoms with van der Waals surface area (Å²) in [5, 5.41) is 3.06. The van der Waals surface area contributed by atoms with Gasteiger partial charge < -0.3 is 19.7 Å². The van der Waals surface area contributed by atoms with Gasteiger partial charge in [0, 0.05) is 35.4 Å². The Bertz CT molecular complexity index is 1800. The first-order valence-corrected chi connectivity index (χ1v) is 13.4. The molecule has 200 valence electrons. The normalized spacial score (nSPS) is 24.5. The zero-order chi connectivity index (χ0) is 27.7. The lowest BCUT2D eigenvalue weighted by Crippen LogP contribution is -2.49. The van der Waals surface area contributed by atoms with Crippen LogP contribution in [0, 0.1) is 5.92 Å². The zero-order valence-electron chi connectivity index (χ0n) is 21.7. The minimum absolute atomic E-state index is 0.0757. The lowest BCUT2D eigenvalue weighted by Gasteiger charge is -2.38. The molecule has 0 aliphatic carbocycles. The largest absolute Gasteiger partial charge is 0.454 e. The van der Waals surface area contributed by atoms with E-state index in [9.17, 15) is 14.4 Å². The molecule has 0 bridgehead atoms. The number of nitrogens with zero attached hydrogens (tertiary/aromatic N) is 2. The van der Waals surface area contributed by atoms with Crippen LogP contribution >= 0.6 is 0 Å². The predicted molar refractivity (Wildman–Crippen MR) is 150 cm³/mol. The fourth-order valence-corrected chi connectivity index (χ4v) is 7.08. The Kier molecular flexibility index (Phi) is 4.97. The first kappa shape index (κ1) is 23.6. The van der Waals surface area contributed by atoms with E-state index in [-0.39, 0.29) is 24.3 Å². The molecule has 41 heavy (non-hydrogen) atoms. The molecule has 4 aliphatic rings. The summed E-state index contributed by atoms with van der Waals surface area (Å²) in [5.41, 5.74) is 2.49. The average Bonchev–Trinajstić information content (AvgIpc) is 3.70. The van der Waals surface area contributed by atoms with Crippen LogP contribution in [0.5, 0.6) is 11.5 Å². The molecule has 4 aromatic rings. The van der Waals surface area contributed by atoms with Crippen LogP contribution in [0.25, 0.3) is 6.08 Å². The van der Waals surface area contributed by atoms with Gasteiger partial charge in [-0.2, -0.15) is 0 Å². The summed E-state index contributed by atoms with van der Waals surface area (Å²) in [6, 6.07) is 22.1. The first-order chi connectivity index (χ1) is 20.1. The van der Waals surface area contributed by atoms with Gasteiger partial charge in [-0.05, 0) is 59.2 Å². The molecule has 4 aliphatic heterocycles. The molecular formula is C33H23N3O5. The van der Waals surface area contributed by atoms with Crippen molar-refractivity contribution in [3.63, 3.8) is 0 Å². The molecule has 8 heteroatoms. The molecule has 1 spiro atoms. The van der Waals surface area contributed by atoms with E-state index in [0.29, 0.717) is 33.9 Å². The maximum atomic E-state index is 14.7. The van der Waals surface area contributed by atoms with Gasteiger partial charge in [-0.25, -0.2) is 0 Å². The molecule has 0 saturated carbocycles. The first-order valence-electron chi connectivity index (χ1n) is 13.4. The molecule has 5 heterocycles. The zero-order valence-corrected chi connectivity index (χ0v) is 21.7. The molecule has 1 saturated heterocycles. The number of Topliss-reactive ketones (excluding diaryl/α,β-unsaturated/α-hetero) is 2. The Morgan fingerprint density at radius 2 is 1.73 bits per heavy atom. The van der Waals surface area contributed by atoms with Crippen LogP contribution in [0.2, 0.25) is 0 Å². The maximum Gasteiger partial charge on any atom is 0.238 e. The van der Waals surface area contributed by atoms with E-state index in [2.05, 4.69) is 10.3 Å². The highest BCUT2D eigenvalue weighted by Gasteiger charge is 2.70. The topological polar surface area (TPSA) is 97.8 Å². The molecule has 3 aromatic carbocycles. The molecule has 1 aromatic heterocycles. The number of fused-ring (bicyclic) bond motifs is 7. The summed E-state index contributed by atoms with van der Waals surface area (Å²) in [6.07, 6.45) is 6.89. The number of benzene rings is 3. The lowest BCUT2D eigenvalue weighted by molar-refractivity contribution is -0.122. The molecular weight excluding hydrogens is 518 g/mol. The van der Waals surface area contributed by atoms with Crippen molar-refractivity contribution >= 4 is 29.2 Å². The highest BCUT2D eigenvalue weighted by Crippen LogP contribution is 2.62. The summed E-state index contributed by atoms with van der Waals surface area (Å²) in [4.78, 5) is 49.9. The third kappa shape index (κ3) is 3.15. The summed E-state index contributed by atoms with van der Waals surface area (Å²) in [6.45, 7) is 0.0757. The lowest BCUT2D eigenvalue weighted by atomic mass is 9.62. The summed E-state index contributed by atoms with van der Waals surface area (Å²) in [7, 11) is 0. The van der Waals surface area contributed by atoms with Crippen molar-refractivity contribution in [1.29, 1.82) is 0 Å². The van der Waals surface area contributed by atoms with Gasteiger partial charge in [0.25, 0.3) is 0 Å². The number of hydrogen-bond acceptors (Lipinski definition) is 7. The van der Waals surface area contributed by atoms with E-state index in [1.54, 1.807) is 36.5 Å². The Hall–Kier alpha value is -5.24. The number of para-hydroxylation sites is 1. The molecule has 1 amide bonds. The second kappa shape index (κ2) is 8.63. The number of hydrogen-bond donors (Lipinski definition) is 1. The van der Waals surface area contributed by atoms with E-state index in [4.69, 9.17) is 9.47 Å². The van der Waals surface area contributed by atoms with Gasteiger partial charge in [-0.1, -0.05) is 42.5 Å². The van der Waals surface area contributed by atoms with Gasteiger partial charge in [0.2, 0.25) is 12.7 Å². The van der Waals surface area contributed by atoms with Crippen molar-refractivity contribution in [2.45, 2.75) is 17.5 Å². The molecule has 4 atom stereocenters. The van der Waals surface area contributed by atoms with Crippen LogP contribution in [0.1, 0.15) is 43.4 Å². The molecule has 8 rings (SSSR count). The number of pyridine rings is 1. The van der Waals surface area contributed by atoms with Crippen LogP contribution in [-0.2, 0) is 10.2 Å². The smallest absolute Gasteiger partial charge is 0.238 e. The molecule has 1 fully saturated rings. The summed E-state index contributed by atoms with van der Waals surface area (Å²) < 4.78 is 11.0. The van der Waals surface area contributed by atoms with Crippen molar-refractivity contribution in [2.75, 3.05) is 12.1 Å². The number of nitrogens with one attached hydrogen (secondary N) is 1. The second-order valence-corrected chi connectivity index (χ2v) is 10.6. The Morgan fingerprint density at radius 3 is 2.61 bits per heavy atom. The number of aromatic nitrogens is 1. The molecule has 1 N–H and O–H groups in total. The van der Waals surface area contributed by atoms with Gasteiger partial charge in [-0.3, -0.25) is 19.4 Å². The highest BCUT2D eigenvalue weighted by atomic mass is 16.7. The van der Waals surface area contributed by atoms with E-state index >= 15 is 0 Å².